The summed E-state index contributed by atoms with van der Waals surface area (Å²) in [5, 5.41) is 35.8. The SMILES string of the molecule is CO[C@H]1C[C@H]2C=CC3C4[C@H](O)[C@@H](C)[C@@H](OC(=O)C5=CC=CC5)[C@@H]3O[C@]42/C(C)=C/[C@@H](C)[C@@H]([C@@H](C)OC(=O)C(=O)OCc2cccnc2)OC1=O.CO[C@H]1C[C@H]2C=CC3C4[C@H](O)[C@@H](C)[C@@H](OC(=O)C5=CC=CC5)[C@@H]3O[C@]42/C(C)=C/[C@@H](C)[C@@H]([C@@H](C)OC(=O)C(=O)OCc2cccnc2)OC1=O.CO[C@H]1C[C@H]2C=CC3C4[C@H](O)[C@@H](C)[C@@H](OC(=O)C5=CC=CC5)[C@@H]3O[C@]42/C(C)=C/[C@@H](C)[C@@H]([C@@H](C)OC(=O)C(=O)OCc2cncn2C)OC1=O. The number of rotatable bonds is 21. The highest BCUT2D eigenvalue weighted by molar-refractivity contribution is 6.30. The van der Waals surface area contributed by atoms with Gasteiger partial charge in [-0.25, -0.2) is 62.5 Å². The van der Waals surface area contributed by atoms with Crippen molar-refractivity contribution in [3.63, 3.8) is 0 Å². The maximum atomic E-state index is 13.6. The molecule has 37 nitrogen and oxygen atoms in total. The number of cyclic esters (lactones) is 3. The van der Waals surface area contributed by atoms with Gasteiger partial charge in [0.05, 0.1) is 36.5 Å². The Morgan fingerprint density at radius 2 is 0.735 bits per heavy atom. The van der Waals surface area contributed by atoms with Crippen molar-refractivity contribution < 1.29 is 158 Å². The molecule has 15 aliphatic rings. The third-order valence-electron chi connectivity index (χ3n) is 32.3. The van der Waals surface area contributed by atoms with E-state index in [9.17, 15) is 72.9 Å². The molecule has 0 amide bonds. The van der Waals surface area contributed by atoms with Gasteiger partial charge in [-0.15, -0.1) is 0 Å². The van der Waals surface area contributed by atoms with Crippen molar-refractivity contribution in [3.05, 3.63) is 221 Å². The van der Waals surface area contributed by atoms with E-state index in [1.54, 1.807) is 66.5 Å². The van der Waals surface area contributed by atoms with Crippen LogP contribution in [0.4, 0.5) is 0 Å². The largest absolute Gasteiger partial charge is 0.456 e. The van der Waals surface area contributed by atoms with Crippen LogP contribution >= 0.6 is 0 Å². The molecule has 788 valence electrons. The number of methoxy groups -OCH3 is 3. The fourth-order valence-corrected chi connectivity index (χ4v) is 24.8. The summed E-state index contributed by atoms with van der Waals surface area (Å²) in [6.07, 6.45) is 29.6. The Kier molecular flexibility index (Phi) is 32.9. The predicted octanol–water partition coefficient (Wildman–Crippen LogP) is 9.34. The van der Waals surface area contributed by atoms with Crippen molar-refractivity contribution in [1.82, 2.24) is 19.5 Å². The normalized spacial score (nSPS) is 37.9. The molecule has 3 saturated carbocycles. The summed E-state index contributed by atoms with van der Waals surface area (Å²) in [6, 6.07) is 6.76. The van der Waals surface area contributed by atoms with E-state index in [2.05, 4.69) is 15.0 Å². The molecule has 36 atom stereocenters. The Hall–Kier alpha value is -12.3. The minimum absolute atomic E-state index is 0.164. The summed E-state index contributed by atoms with van der Waals surface area (Å²) in [4.78, 5) is 168. The standard InChI is InChI=1S/2C37H43NO11.C36H44N2O11/c2*1-19-15-20(2)37-25(12-13-26-28(37)29(39)21(3)31(32(26)49-37)48-33(40)24-10-6-7-11-24)16-27(44-5)34(41)47-30(19)22(4)46-36(43)35(42)45-18-23-9-8-14-38-17-23;1-18-13-19(2)36-23(11-12-25-27(36)28(39)20(3)30(31(25)49-36)48-32(40)22-9-7-8-10-22)14-26(44-6)33(41)47-29(18)21(4)46-35(43)34(42)45-16-24-15-37-17-38(24)5/h2*6-10,12-15,17,19,21-22,25-32,39H,11,16,18H2,1-5H3;7-9,11-13,15,17-18,20-21,23,25-31,39H,10,14,16H2,1-6H3/b2*20-15+;19-13+/t2*19-,21-,22-,25-,26?,27+,28?,29-,30+,31-,32-,37+;18-,20-,21-,23-,25?,26+,27?,28-,29+,30-,31-,36+/m111/s1. The first-order valence-corrected chi connectivity index (χ1v) is 50.2. The number of carbonyl (C=O) groups is 12. The number of hydrogen-bond donors (Lipinski definition) is 3. The zero-order valence-electron chi connectivity index (χ0n) is 85.0. The molecule has 3 saturated heterocycles. The number of aliphatic hydroxyl groups excluding tert-OH is 3. The van der Waals surface area contributed by atoms with Crippen LogP contribution in [0.15, 0.2) is 204 Å². The number of hydrogen-bond acceptors (Lipinski definition) is 36. The van der Waals surface area contributed by atoms with Crippen molar-refractivity contribution in [2.24, 2.45) is 95.8 Å². The summed E-state index contributed by atoms with van der Waals surface area (Å²) in [7, 11) is 5.96. The molecular formula is C110H130N4O33. The van der Waals surface area contributed by atoms with Gasteiger partial charge in [0.15, 0.2) is 18.3 Å². The second-order valence-electron chi connectivity index (χ2n) is 41.0. The fourth-order valence-electron chi connectivity index (χ4n) is 24.8. The second-order valence-corrected chi connectivity index (χ2v) is 41.0. The van der Waals surface area contributed by atoms with Gasteiger partial charge in [0, 0.05) is 170 Å². The van der Waals surface area contributed by atoms with Crippen LogP contribution in [-0.4, -0.2) is 254 Å². The first kappa shape index (κ1) is 107. The summed E-state index contributed by atoms with van der Waals surface area (Å²) in [5.41, 5.74) is 2.61. The number of nitrogens with zero attached hydrogens (tertiary/aromatic N) is 4. The van der Waals surface area contributed by atoms with E-state index in [4.69, 9.17) is 85.3 Å². The molecule has 12 bridgehead atoms. The maximum absolute atomic E-state index is 13.6. The molecule has 6 fully saturated rings. The Labute approximate surface area is 851 Å². The summed E-state index contributed by atoms with van der Waals surface area (Å²) < 4.78 is 107. The lowest BCUT2D eigenvalue weighted by Crippen LogP contribution is -2.57. The van der Waals surface area contributed by atoms with Gasteiger partial charge >= 0.3 is 71.6 Å². The molecule has 9 heterocycles. The molecule has 9 aliphatic carbocycles. The lowest BCUT2D eigenvalue weighted by molar-refractivity contribution is -0.184. The van der Waals surface area contributed by atoms with E-state index >= 15 is 0 Å². The molecule has 3 aromatic heterocycles. The summed E-state index contributed by atoms with van der Waals surface area (Å²) >= 11 is 0. The van der Waals surface area contributed by atoms with Crippen molar-refractivity contribution in [2.75, 3.05) is 21.3 Å². The average Bonchev–Trinajstić information content (AvgIpc) is 1.54. The van der Waals surface area contributed by atoms with Crippen LogP contribution in [0.25, 0.3) is 0 Å². The van der Waals surface area contributed by atoms with Crippen LogP contribution < -0.4 is 0 Å². The van der Waals surface area contributed by atoms with Crippen LogP contribution in [0.1, 0.15) is 138 Å². The van der Waals surface area contributed by atoms with Gasteiger partial charge in [-0.1, -0.05) is 163 Å². The molecule has 147 heavy (non-hydrogen) atoms. The quantitative estimate of drug-likeness (QED) is 0.0387. The van der Waals surface area contributed by atoms with Crippen LogP contribution in [0.2, 0.25) is 0 Å². The van der Waals surface area contributed by atoms with Crippen LogP contribution in [0.3, 0.4) is 0 Å². The third kappa shape index (κ3) is 21.1. The van der Waals surface area contributed by atoms with Gasteiger partial charge in [-0.05, 0) is 109 Å². The van der Waals surface area contributed by atoms with Gasteiger partial charge in [-0.2, -0.15) is 0 Å². The molecule has 3 spiro atoms. The number of imidazole rings is 1. The van der Waals surface area contributed by atoms with Crippen molar-refractivity contribution in [3.8, 4) is 0 Å². The van der Waals surface area contributed by atoms with Crippen LogP contribution in [0, 0.1) is 88.8 Å². The Bertz CT molecular complexity index is 5650. The highest BCUT2D eigenvalue weighted by Crippen LogP contribution is 2.65. The molecule has 3 N–H and O–H groups in total. The van der Waals surface area contributed by atoms with E-state index in [1.807, 2.05) is 153 Å². The second kappa shape index (κ2) is 45.0. The molecule has 3 aromatic rings. The number of pyridine rings is 2. The van der Waals surface area contributed by atoms with E-state index in [0.717, 1.165) is 16.7 Å². The Morgan fingerprint density at radius 1 is 0.429 bits per heavy atom. The number of carbonyl (C=O) groups excluding carboxylic acids is 12. The lowest BCUT2D eigenvalue weighted by atomic mass is 9.57. The fraction of sp³-hybridized carbons (Fsp3) is 0.555. The first-order chi connectivity index (χ1) is 70.3. The van der Waals surface area contributed by atoms with E-state index in [0.29, 0.717) is 52.8 Å². The highest BCUT2D eigenvalue weighted by Gasteiger charge is 2.73. The number of aromatic nitrogens is 4. The highest BCUT2D eigenvalue weighted by atomic mass is 16.7. The minimum atomic E-state index is -1.23. The third-order valence-corrected chi connectivity index (χ3v) is 32.3. The van der Waals surface area contributed by atoms with E-state index in [-0.39, 0.29) is 68.7 Å². The smallest absolute Gasteiger partial charge is 0.417 e. The minimum Gasteiger partial charge on any atom is -0.456 e. The molecule has 0 aromatic carbocycles. The average molecular weight is 2040 g/mol. The lowest BCUT2D eigenvalue weighted by Gasteiger charge is -2.49. The van der Waals surface area contributed by atoms with Crippen LogP contribution in [-0.2, 0) is 170 Å². The first-order valence-electron chi connectivity index (χ1n) is 50.2. The van der Waals surface area contributed by atoms with Gasteiger partial charge in [0.25, 0.3) is 0 Å². The molecule has 6 aliphatic heterocycles. The predicted molar refractivity (Wildman–Crippen MR) is 515 cm³/mol. The van der Waals surface area contributed by atoms with E-state index in [1.165, 1.54) is 67.0 Å². The Morgan fingerprint density at radius 3 is 1.00 bits per heavy atom. The molecule has 18 rings (SSSR count). The van der Waals surface area contributed by atoms with Gasteiger partial charge in [-0.3, -0.25) is 9.97 Å². The van der Waals surface area contributed by atoms with Gasteiger partial charge in [0.1, 0.15) is 110 Å². The number of esters is 12. The number of aliphatic hydroxyl groups is 3. The molecular weight excluding hydrogens is 1910 g/mol. The zero-order valence-corrected chi connectivity index (χ0v) is 85.0. The van der Waals surface area contributed by atoms with Crippen LogP contribution in [0.5, 0.6) is 0 Å². The van der Waals surface area contributed by atoms with E-state index < -0.39 is 257 Å². The molecule has 37 heteroatoms. The summed E-state index contributed by atoms with van der Waals surface area (Å²) in [5.74, 6) is -16.6. The van der Waals surface area contributed by atoms with Crippen molar-refractivity contribution >= 4 is 71.6 Å². The maximum Gasteiger partial charge on any atom is 0.417 e. The monoisotopic (exact) mass is 2030 g/mol. The van der Waals surface area contributed by atoms with Crippen molar-refractivity contribution in [1.29, 1.82) is 0 Å². The van der Waals surface area contributed by atoms with Gasteiger partial charge < -0.3 is 105 Å². The number of aryl methyl sites for hydroxylation is 1. The van der Waals surface area contributed by atoms with Crippen molar-refractivity contribution in [2.45, 2.75) is 268 Å². The number of ether oxygens (including phenoxy) is 18. The number of allylic oxidation sites excluding steroid dienone is 9. The molecule has 6 unspecified atom stereocenters. The Balaban J connectivity index is 0.000000158. The zero-order chi connectivity index (χ0) is 105. The molecule has 0 radical (unpaired) electrons. The summed E-state index contributed by atoms with van der Waals surface area (Å²) in [6.45, 7) is 20.9. The van der Waals surface area contributed by atoms with Gasteiger partial charge in [0.2, 0.25) is 0 Å². The topological polar surface area (TPSA) is 475 Å².